The Morgan fingerprint density at radius 2 is 1.59 bits per heavy atom. The van der Waals surface area contributed by atoms with Gasteiger partial charge in [-0.05, 0) is 54.8 Å². The molecule has 0 atom stereocenters. The molecule has 0 bridgehead atoms. The normalized spacial score (nSPS) is 15.4. The smallest absolute Gasteiger partial charge is 0.315 e. The summed E-state index contributed by atoms with van der Waals surface area (Å²) in [7, 11) is 0. The molecular weight excluding hydrogens is 339 g/mol. The number of hydrogen-bond donors (Lipinski definition) is 0. The van der Waals surface area contributed by atoms with Crippen LogP contribution in [0.5, 0.6) is 0 Å². The summed E-state index contributed by atoms with van der Waals surface area (Å²) in [5.41, 5.74) is 0.928. The van der Waals surface area contributed by atoms with E-state index in [2.05, 4.69) is 44.2 Å². The Kier molecular flexibility index (Phi) is 4.34. The highest BCUT2D eigenvalue weighted by Crippen LogP contribution is 2.34. The molecule has 0 spiro atoms. The maximum Gasteiger partial charge on any atom is 0.325 e. The van der Waals surface area contributed by atoms with Crippen LogP contribution in [0.25, 0.3) is 10.8 Å². The van der Waals surface area contributed by atoms with Crippen molar-refractivity contribution in [3.8, 4) is 0 Å². The van der Waals surface area contributed by atoms with E-state index in [9.17, 15) is 9.18 Å². The summed E-state index contributed by atoms with van der Waals surface area (Å²) >= 11 is 0. The van der Waals surface area contributed by atoms with Crippen LogP contribution in [0, 0.1) is 5.82 Å². The minimum atomic E-state index is -0.495. The van der Waals surface area contributed by atoms with Crippen LogP contribution >= 0.6 is 0 Å². The number of urea groups is 1. The molecule has 2 amide bonds. The molecule has 3 aromatic rings. The van der Waals surface area contributed by atoms with Crippen LogP contribution in [0.2, 0.25) is 0 Å². The number of carbonyl (C=O) groups is 1. The zero-order valence-electron chi connectivity index (χ0n) is 15.7. The Labute approximate surface area is 159 Å². The lowest BCUT2D eigenvalue weighted by molar-refractivity contribution is 0.129. The van der Waals surface area contributed by atoms with Crippen molar-refractivity contribution in [3.63, 3.8) is 0 Å². The Morgan fingerprint density at radius 1 is 0.889 bits per heavy atom. The van der Waals surface area contributed by atoms with E-state index < -0.39 is 5.54 Å². The molecule has 0 aliphatic carbocycles. The molecule has 3 nitrogen and oxygen atoms in total. The molecule has 1 aliphatic heterocycles. The molecule has 1 saturated heterocycles. The van der Waals surface area contributed by atoms with Crippen molar-refractivity contribution < 1.29 is 9.18 Å². The van der Waals surface area contributed by atoms with Gasteiger partial charge in [0.05, 0.1) is 11.2 Å². The van der Waals surface area contributed by atoms with E-state index in [4.69, 9.17) is 0 Å². The molecule has 0 aromatic heterocycles. The number of benzene rings is 3. The zero-order chi connectivity index (χ0) is 19.0. The van der Waals surface area contributed by atoms with Crippen molar-refractivity contribution in [1.82, 2.24) is 4.90 Å². The average Bonchev–Trinajstić information content (AvgIpc) is 2.68. The number of fused-ring (bicyclic) bond motifs is 1. The van der Waals surface area contributed by atoms with Gasteiger partial charge in [0.2, 0.25) is 0 Å². The van der Waals surface area contributed by atoms with E-state index in [0.29, 0.717) is 18.8 Å². The van der Waals surface area contributed by atoms with Crippen molar-refractivity contribution in [2.24, 2.45) is 0 Å². The van der Waals surface area contributed by atoms with Gasteiger partial charge in [0.15, 0.2) is 0 Å². The molecular formula is C23H23FN2O. The van der Waals surface area contributed by atoms with Crippen molar-refractivity contribution in [3.05, 3.63) is 78.1 Å². The summed E-state index contributed by atoms with van der Waals surface area (Å²) in [4.78, 5) is 16.7. The lowest BCUT2D eigenvalue weighted by Crippen LogP contribution is -2.56. The summed E-state index contributed by atoms with van der Waals surface area (Å²) < 4.78 is 14.3. The number of anilines is 1. The number of para-hydroxylation sites is 1. The van der Waals surface area contributed by atoms with Crippen LogP contribution in [-0.4, -0.2) is 24.0 Å². The van der Waals surface area contributed by atoms with Gasteiger partial charge in [-0.1, -0.05) is 48.5 Å². The first kappa shape index (κ1) is 17.5. The highest BCUT2D eigenvalue weighted by atomic mass is 19.1. The second-order valence-corrected chi connectivity index (χ2v) is 7.51. The fourth-order valence-electron chi connectivity index (χ4n) is 3.86. The fraction of sp³-hybridized carbons (Fsp3) is 0.261. The standard InChI is InChI=1S/C23H23FN2O/c1-23(2,19-13-12-17-8-3-4-9-18(17)16-19)26-15-7-14-25(22(26)27)21-11-6-5-10-20(21)24/h3-6,8-13,16H,7,14-15H2,1-2H3. The summed E-state index contributed by atoms with van der Waals surface area (Å²) in [5, 5.41) is 2.33. The molecule has 0 N–H and O–H groups in total. The molecule has 3 aromatic carbocycles. The molecule has 27 heavy (non-hydrogen) atoms. The largest absolute Gasteiger partial charge is 0.325 e. The predicted octanol–water partition coefficient (Wildman–Crippen LogP) is 5.55. The summed E-state index contributed by atoms with van der Waals surface area (Å²) in [6.07, 6.45) is 0.803. The predicted molar refractivity (Wildman–Crippen MR) is 107 cm³/mol. The molecule has 1 fully saturated rings. The molecule has 4 heteroatoms. The van der Waals surface area contributed by atoms with Crippen molar-refractivity contribution >= 4 is 22.5 Å². The number of hydrogen-bond acceptors (Lipinski definition) is 1. The maximum atomic E-state index is 14.3. The third-order valence-electron chi connectivity index (χ3n) is 5.50. The summed E-state index contributed by atoms with van der Waals surface area (Å²) in [6, 6.07) is 20.8. The van der Waals surface area contributed by atoms with Gasteiger partial charge in [-0.2, -0.15) is 0 Å². The topological polar surface area (TPSA) is 23.6 Å². The first-order chi connectivity index (χ1) is 13.0. The summed E-state index contributed by atoms with van der Waals surface area (Å²) in [6.45, 7) is 5.30. The van der Waals surface area contributed by atoms with Crippen LogP contribution in [-0.2, 0) is 5.54 Å². The van der Waals surface area contributed by atoms with Gasteiger partial charge >= 0.3 is 6.03 Å². The van der Waals surface area contributed by atoms with E-state index in [1.165, 1.54) is 11.5 Å². The first-order valence-corrected chi connectivity index (χ1v) is 9.31. The van der Waals surface area contributed by atoms with Gasteiger partial charge in [-0.15, -0.1) is 0 Å². The van der Waals surface area contributed by atoms with Crippen LogP contribution in [0.1, 0.15) is 25.8 Å². The lowest BCUT2D eigenvalue weighted by Gasteiger charge is -2.45. The van der Waals surface area contributed by atoms with Crippen LogP contribution in [0.15, 0.2) is 66.7 Å². The fourth-order valence-corrected chi connectivity index (χ4v) is 3.86. The summed E-state index contributed by atoms with van der Waals surface area (Å²) in [5.74, 6) is -0.365. The van der Waals surface area contributed by atoms with Crippen LogP contribution in [0.4, 0.5) is 14.9 Å². The molecule has 0 saturated carbocycles. The quantitative estimate of drug-likeness (QED) is 0.599. The SMILES string of the molecule is CC(C)(c1ccc2ccccc2c1)N1CCCN(c2ccccc2F)C1=O. The molecule has 1 aliphatic rings. The van der Waals surface area contributed by atoms with E-state index in [1.54, 1.807) is 23.1 Å². The minimum Gasteiger partial charge on any atom is -0.315 e. The van der Waals surface area contributed by atoms with Gasteiger partial charge in [0.1, 0.15) is 5.82 Å². The van der Waals surface area contributed by atoms with E-state index >= 15 is 0 Å². The molecule has 1 heterocycles. The molecule has 4 rings (SSSR count). The maximum absolute atomic E-state index is 14.3. The number of carbonyl (C=O) groups excluding carboxylic acids is 1. The highest BCUT2D eigenvalue weighted by molar-refractivity contribution is 5.93. The number of halogens is 1. The average molecular weight is 362 g/mol. The van der Waals surface area contributed by atoms with E-state index in [-0.39, 0.29) is 11.8 Å². The van der Waals surface area contributed by atoms with E-state index in [0.717, 1.165) is 17.4 Å². The van der Waals surface area contributed by atoms with Crippen molar-refractivity contribution in [2.45, 2.75) is 25.8 Å². The van der Waals surface area contributed by atoms with Gasteiger partial charge in [-0.3, -0.25) is 4.90 Å². The highest BCUT2D eigenvalue weighted by Gasteiger charge is 2.38. The van der Waals surface area contributed by atoms with Crippen molar-refractivity contribution in [1.29, 1.82) is 0 Å². The lowest BCUT2D eigenvalue weighted by atomic mass is 9.89. The Morgan fingerprint density at radius 3 is 2.37 bits per heavy atom. The van der Waals surface area contributed by atoms with Crippen LogP contribution in [0.3, 0.4) is 0 Å². The molecule has 138 valence electrons. The third kappa shape index (κ3) is 3.05. The number of amides is 2. The monoisotopic (exact) mass is 362 g/mol. The Bertz CT molecular complexity index is 998. The molecule has 0 unspecified atom stereocenters. The number of rotatable bonds is 3. The zero-order valence-corrected chi connectivity index (χ0v) is 15.7. The first-order valence-electron chi connectivity index (χ1n) is 9.31. The number of nitrogens with zero attached hydrogens (tertiary/aromatic N) is 2. The minimum absolute atomic E-state index is 0.149. The van der Waals surface area contributed by atoms with Gasteiger partial charge < -0.3 is 4.90 Å². The van der Waals surface area contributed by atoms with E-state index in [1.807, 2.05) is 17.0 Å². The second-order valence-electron chi connectivity index (χ2n) is 7.51. The second kappa shape index (κ2) is 6.69. The third-order valence-corrected chi connectivity index (χ3v) is 5.50. The van der Waals surface area contributed by atoms with Crippen molar-refractivity contribution in [2.75, 3.05) is 18.0 Å². The Balaban J connectivity index is 1.69. The van der Waals surface area contributed by atoms with Gasteiger partial charge in [-0.25, -0.2) is 9.18 Å². The molecule has 0 radical (unpaired) electrons. The van der Waals surface area contributed by atoms with Gasteiger partial charge in [0.25, 0.3) is 0 Å². The van der Waals surface area contributed by atoms with Gasteiger partial charge in [0, 0.05) is 13.1 Å². The Hall–Kier alpha value is -2.88. The van der Waals surface area contributed by atoms with Crippen LogP contribution < -0.4 is 4.90 Å².